The van der Waals surface area contributed by atoms with Gasteiger partial charge in [0.25, 0.3) is 0 Å². The molecule has 2 aromatic rings. The van der Waals surface area contributed by atoms with Crippen LogP contribution in [0.2, 0.25) is 0 Å². The van der Waals surface area contributed by atoms with Crippen LogP contribution in [0.3, 0.4) is 0 Å². The maximum atomic E-state index is 5.84. The standard InChI is InChI=1S/C19H23NO3S2/c1-18(22-11-12-23-18)14-3-5-15(6-4-14)24-17-8-7-16(25-17)19(21-2)9-10-20-13-19/h3-8,20H,9-13H2,1-2H3. The molecular weight excluding hydrogens is 354 g/mol. The molecule has 1 aromatic carbocycles. The molecule has 3 heterocycles. The number of rotatable bonds is 5. The minimum Gasteiger partial charge on any atom is -0.371 e. The predicted octanol–water partition coefficient (Wildman–Crippen LogP) is 3.95. The molecule has 0 amide bonds. The molecule has 4 nitrogen and oxygen atoms in total. The third kappa shape index (κ3) is 3.39. The van der Waals surface area contributed by atoms with Crippen molar-refractivity contribution in [1.82, 2.24) is 5.32 Å². The summed E-state index contributed by atoms with van der Waals surface area (Å²) in [5.41, 5.74) is 0.913. The summed E-state index contributed by atoms with van der Waals surface area (Å²) in [5.74, 6) is -0.598. The van der Waals surface area contributed by atoms with Gasteiger partial charge in [-0.2, -0.15) is 0 Å². The smallest absolute Gasteiger partial charge is 0.192 e. The fourth-order valence-corrected chi connectivity index (χ4v) is 5.69. The lowest BCUT2D eigenvalue weighted by Gasteiger charge is -2.25. The highest BCUT2D eigenvalue weighted by atomic mass is 32.2. The molecule has 134 valence electrons. The zero-order chi connectivity index (χ0) is 17.3. The Bertz CT molecular complexity index is 717. The predicted molar refractivity (Wildman–Crippen MR) is 100 cm³/mol. The van der Waals surface area contributed by atoms with E-state index in [0.717, 1.165) is 25.1 Å². The monoisotopic (exact) mass is 377 g/mol. The molecule has 4 rings (SSSR count). The van der Waals surface area contributed by atoms with Crippen LogP contribution in [0, 0.1) is 0 Å². The van der Waals surface area contributed by atoms with E-state index in [-0.39, 0.29) is 5.60 Å². The largest absolute Gasteiger partial charge is 0.371 e. The van der Waals surface area contributed by atoms with Gasteiger partial charge < -0.3 is 19.5 Å². The maximum Gasteiger partial charge on any atom is 0.192 e. The SMILES string of the molecule is COC1(c2ccc(Sc3ccc(C4(C)OCCO4)cc3)s2)CCNC1. The van der Waals surface area contributed by atoms with Gasteiger partial charge in [0.2, 0.25) is 0 Å². The molecule has 1 N–H and O–H groups in total. The van der Waals surface area contributed by atoms with Gasteiger partial charge in [-0.3, -0.25) is 0 Å². The molecule has 1 unspecified atom stereocenters. The fourth-order valence-electron chi connectivity index (χ4n) is 3.40. The molecule has 2 fully saturated rings. The maximum absolute atomic E-state index is 5.84. The van der Waals surface area contributed by atoms with E-state index in [1.54, 1.807) is 11.8 Å². The van der Waals surface area contributed by atoms with E-state index in [9.17, 15) is 0 Å². The Hall–Kier alpha value is -0.890. The lowest BCUT2D eigenvalue weighted by molar-refractivity contribution is -0.149. The van der Waals surface area contributed by atoms with E-state index in [0.29, 0.717) is 13.2 Å². The second-order valence-corrected chi connectivity index (χ2v) is 8.97. The van der Waals surface area contributed by atoms with Crippen LogP contribution in [-0.4, -0.2) is 33.4 Å². The summed E-state index contributed by atoms with van der Waals surface area (Å²) in [6.45, 7) is 5.19. The van der Waals surface area contributed by atoms with Crippen molar-refractivity contribution in [2.24, 2.45) is 0 Å². The molecule has 0 bridgehead atoms. The van der Waals surface area contributed by atoms with Gasteiger partial charge in [-0.1, -0.05) is 23.9 Å². The summed E-state index contributed by atoms with van der Waals surface area (Å²) < 4.78 is 18.6. The summed E-state index contributed by atoms with van der Waals surface area (Å²) >= 11 is 3.61. The molecule has 6 heteroatoms. The summed E-state index contributed by atoms with van der Waals surface area (Å²) in [6.07, 6.45) is 1.03. The molecule has 0 aliphatic carbocycles. The van der Waals surface area contributed by atoms with Crippen molar-refractivity contribution in [3.05, 3.63) is 46.8 Å². The van der Waals surface area contributed by atoms with Crippen LogP contribution >= 0.6 is 23.1 Å². The minimum atomic E-state index is -0.598. The first-order valence-corrected chi connectivity index (χ1v) is 10.2. The molecule has 0 saturated carbocycles. The molecule has 2 aliphatic heterocycles. The molecule has 0 radical (unpaired) electrons. The zero-order valence-electron chi connectivity index (χ0n) is 14.5. The van der Waals surface area contributed by atoms with Crippen LogP contribution < -0.4 is 5.32 Å². The molecule has 0 spiro atoms. The van der Waals surface area contributed by atoms with E-state index in [1.807, 2.05) is 25.4 Å². The first-order chi connectivity index (χ1) is 12.1. The van der Waals surface area contributed by atoms with Crippen LogP contribution in [0.5, 0.6) is 0 Å². The lowest BCUT2D eigenvalue weighted by Crippen LogP contribution is -2.29. The van der Waals surface area contributed by atoms with Gasteiger partial charge in [-0.25, -0.2) is 0 Å². The van der Waals surface area contributed by atoms with Gasteiger partial charge in [0, 0.05) is 29.0 Å². The third-order valence-electron chi connectivity index (χ3n) is 4.97. The fraction of sp³-hybridized carbons (Fsp3) is 0.474. The van der Waals surface area contributed by atoms with Crippen molar-refractivity contribution in [3.8, 4) is 0 Å². The average molecular weight is 378 g/mol. The van der Waals surface area contributed by atoms with Gasteiger partial charge in [0.1, 0.15) is 5.60 Å². The Labute approximate surface area is 156 Å². The second-order valence-electron chi connectivity index (χ2n) is 6.51. The zero-order valence-corrected chi connectivity index (χ0v) is 16.2. The minimum absolute atomic E-state index is 0.154. The van der Waals surface area contributed by atoms with E-state index >= 15 is 0 Å². The Morgan fingerprint density at radius 2 is 1.88 bits per heavy atom. The normalized spacial score (nSPS) is 25.5. The van der Waals surface area contributed by atoms with Crippen LogP contribution in [0.1, 0.15) is 23.8 Å². The van der Waals surface area contributed by atoms with Crippen LogP contribution in [-0.2, 0) is 25.6 Å². The highest BCUT2D eigenvalue weighted by molar-refractivity contribution is 8.01. The van der Waals surface area contributed by atoms with Crippen LogP contribution in [0.25, 0.3) is 0 Å². The summed E-state index contributed by atoms with van der Waals surface area (Å²) in [5, 5.41) is 3.41. The summed E-state index contributed by atoms with van der Waals surface area (Å²) in [4.78, 5) is 2.52. The quantitative estimate of drug-likeness (QED) is 0.854. The van der Waals surface area contributed by atoms with Crippen LogP contribution in [0.15, 0.2) is 45.5 Å². The number of methoxy groups -OCH3 is 1. The van der Waals surface area contributed by atoms with Gasteiger partial charge in [0.15, 0.2) is 5.79 Å². The van der Waals surface area contributed by atoms with Crippen LogP contribution in [0.4, 0.5) is 0 Å². The highest BCUT2D eigenvalue weighted by Crippen LogP contribution is 2.41. The number of thiophene rings is 1. The van der Waals surface area contributed by atoms with Crippen molar-refractivity contribution in [2.45, 2.75) is 33.8 Å². The number of nitrogens with one attached hydrogen (secondary N) is 1. The average Bonchev–Trinajstić information content (AvgIpc) is 3.37. The van der Waals surface area contributed by atoms with Gasteiger partial charge in [-0.15, -0.1) is 11.3 Å². The Morgan fingerprint density at radius 1 is 1.12 bits per heavy atom. The second kappa shape index (κ2) is 7.02. The van der Waals surface area contributed by atoms with Gasteiger partial charge in [-0.05, 0) is 44.2 Å². The molecular formula is C19H23NO3S2. The Morgan fingerprint density at radius 3 is 2.52 bits per heavy atom. The lowest BCUT2D eigenvalue weighted by atomic mass is 10.0. The molecule has 2 saturated heterocycles. The Balaban J connectivity index is 1.48. The topological polar surface area (TPSA) is 39.7 Å². The Kier molecular flexibility index (Phi) is 4.92. The third-order valence-corrected chi connectivity index (χ3v) is 7.38. The molecule has 1 atom stereocenters. The van der Waals surface area contributed by atoms with E-state index < -0.39 is 5.79 Å². The number of benzene rings is 1. The number of hydrogen-bond donors (Lipinski definition) is 1. The molecule has 2 aliphatic rings. The van der Waals surface area contributed by atoms with Gasteiger partial charge >= 0.3 is 0 Å². The highest BCUT2D eigenvalue weighted by Gasteiger charge is 2.37. The van der Waals surface area contributed by atoms with Crippen molar-refractivity contribution < 1.29 is 14.2 Å². The van der Waals surface area contributed by atoms with E-state index in [4.69, 9.17) is 14.2 Å². The summed E-state index contributed by atoms with van der Waals surface area (Å²) in [7, 11) is 1.81. The van der Waals surface area contributed by atoms with Crippen molar-refractivity contribution in [2.75, 3.05) is 33.4 Å². The summed E-state index contributed by atoms with van der Waals surface area (Å²) in [6, 6.07) is 12.9. The van der Waals surface area contributed by atoms with Gasteiger partial charge in [0.05, 0.1) is 17.4 Å². The van der Waals surface area contributed by atoms with Crippen molar-refractivity contribution in [3.63, 3.8) is 0 Å². The molecule has 1 aromatic heterocycles. The van der Waals surface area contributed by atoms with Crippen molar-refractivity contribution in [1.29, 1.82) is 0 Å². The van der Waals surface area contributed by atoms with E-state index in [2.05, 4.69) is 41.7 Å². The van der Waals surface area contributed by atoms with E-state index in [1.165, 1.54) is 14.0 Å². The van der Waals surface area contributed by atoms with Crippen molar-refractivity contribution >= 4 is 23.1 Å². The number of hydrogen-bond acceptors (Lipinski definition) is 6. The molecule has 25 heavy (non-hydrogen) atoms. The first kappa shape index (κ1) is 17.5. The number of ether oxygens (including phenoxy) is 3. The first-order valence-electron chi connectivity index (χ1n) is 8.56.